The molecule has 1 amide bonds. The molecule has 0 saturated heterocycles. The molecule has 0 radical (unpaired) electrons. The van der Waals surface area contributed by atoms with Crippen LogP contribution in [0.2, 0.25) is 0 Å². The van der Waals surface area contributed by atoms with Gasteiger partial charge in [0.05, 0.1) is 28.4 Å². The molecular formula is C41H38N8O5. The van der Waals surface area contributed by atoms with E-state index in [9.17, 15) is 14.7 Å². The minimum Gasteiger partial charge on any atom is -0.507 e. The maximum Gasteiger partial charge on any atom is 0.358 e. The van der Waals surface area contributed by atoms with Crippen LogP contribution in [0.5, 0.6) is 11.8 Å². The molecule has 2 aromatic heterocycles. The quantitative estimate of drug-likeness (QED) is 0.0352. The Balaban J connectivity index is 1.15. The van der Waals surface area contributed by atoms with Crippen molar-refractivity contribution in [2.45, 2.75) is 26.4 Å². The number of oxime groups is 1. The number of carbonyl (C=O) groups excluding carboxylic acids is 2. The number of aromatic nitrogens is 4. The first kappa shape index (κ1) is 35.4. The van der Waals surface area contributed by atoms with Gasteiger partial charge in [-0.3, -0.25) is 4.79 Å². The largest absolute Gasteiger partial charge is 0.507 e. The lowest BCUT2D eigenvalue weighted by molar-refractivity contribution is -0.146. The second-order valence-electron chi connectivity index (χ2n) is 12.4. The van der Waals surface area contributed by atoms with Crippen LogP contribution in [-0.2, 0) is 14.4 Å². The number of para-hydroxylation sites is 1. The van der Waals surface area contributed by atoms with Gasteiger partial charge in [-0.1, -0.05) is 71.9 Å². The highest BCUT2D eigenvalue weighted by atomic mass is 16.7. The van der Waals surface area contributed by atoms with E-state index in [1.54, 1.807) is 30.5 Å². The van der Waals surface area contributed by atoms with Gasteiger partial charge in [0.1, 0.15) is 11.6 Å². The zero-order chi connectivity index (χ0) is 37.6. The molecule has 0 fully saturated rings. The summed E-state index contributed by atoms with van der Waals surface area (Å²) < 4.78 is 5.23. The topological polar surface area (TPSA) is 175 Å². The Morgan fingerprint density at radius 3 is 2.35 bits per heavy atom. The number of nitrogens with two attached hydrogens (primary N) is 1. The molecule has 0 aliphatic carbocycles. The lowest BCUT2D eigenvalue weighted by atomic mass is 10.00. The Bertz CT molecular complexity index is 2300. The third kappa shape index (κ3) is 7.61. The predicted molar refractivity (Wildman–Crippen MR) is 208 cm³/mol. The highest BCUT2D eigenvalue weighted by molar-refractivity contribution is 6.04. The Morgan fingerprint density at radius 1 is 0.944 bits per heavy atom. The summed E-state index contributed by atoms with van der Waals surface area (Å²) in [7, 11) is 0. The molecule has 4 aromatic carbocycles. The monoisotopic (exact) mass is 722 g/mol. The lowest BCUT2D eigenvalue weighted by Crippen LogP contribution is -2.35. The van der Waals surface area contributed by atoms with Crippen molar-refractivity contribution in [1.29, 1.82) is 0 Å². The number of nitrogens with zero attached hydrogens (tertiary/aromatic N) is 5. The molecule has 13 nitrogen and oxygen atoms in total. The zero-order valence-electron chi connectivity index (χ0n) is 29.6. The molecule has 1 aliphatic rings. The molecule has 6 aromatic rings. The van der Waals surface area contributed by atoms with Crippen LogP contribution in [0.3, 0.4) is 0 Å². The van der Waals surface area contributed by atoms with Gasteiger partial charge in [0.2, 0.25) is 6.10 Å². The maximum absolute atomic E-state index is 12.7. The molecule has 0 bridgehead atoms. The summed E-state index contributed by atoms with van der Waals surface area (Å²) in [4.78, 5) is 47.9. The third-order valence-corrected chi connectivity index (χ3v) is 9.05. The Hall–Kier alpha value is -6.99. The van der Waals surface area contributed by atoms with E-state index in [0.29, 0.717) is 28.5 Å². The molecule has 1 unspecified atom stereocenters. The summed E-state index contributed by atoms with van der Waals surface area (Å²) >= 11 is 0. The van der Waals surface area contributed by atoms with E-state index >= 15 is 0 Å². The van der Waals surface area contributed by atoms with Crippen molar-refractivity contribution in [3.05, 3.63) is 127 Å². The number of esters is 1. The molecule has 3 heterocycles. The highest BCUT2D eigenvalue weighted by Crippen LogP contribution is 2.37. The fourth-order valence-electron chi connectivity index (χ4n) is 6.11. The van der Waals surface area contributed by atoms with Gasteiger partial charge in [-0.25, -0.2) is 25.6 Å². The normalized spacial score (nSPS) is 13.8. The zero-order valence-corrected chi connectivity index (χ0v) is 29.6. The molecule has 13 heteroatoms. The number of phenolic OH excluding ortho intramolecular Hbond substituents is 1. The Morgan fingerprint density at radius 2 is 1.67 bits per heavy atom. The van der Waals surface area contributed by atoms with Crippen molar-refractivity contribution in [2.75, 3.05) is 23.0 Å². The number of amides is 1. The van der Waals surface area contributed by atoms with Crippen molar-refractivity contribution >= 4 is 35.0 Å². The van der Waals surface area contributed by atoms with E-state index in [0.717, 1.165) is 51.7 Å². The number of phenols is 1. The second-order valence-corrected chi connectivity index (χ2v) is 12.4. The van der Waals surface area contributed by atoms with Gasteiger partial charge < -0.3 is 29.5 Å². The van der Waals surface area contributed by atoms with E-state index in [-0.39, 0.29) is 24.1 Å². The molecule has 0 saturated carbocycles. The average Bonchev–Trinajstić information content (AvgIpc) is 4.00. The summed E-state index contributed by atoms with van der Waals surface area (Å²) in [6.45, 7) is 5.77. The molecule has 272 valence electrons. The number of imidazole rings is 2. The van der Waals surface area contributed by atoms with E-state index in [1.807, 2.05) is 78.9 Å². The van der Waals surface area contributed by atoms with Crippen molar-refractivity contribution in [3.8, 4) is 45.7 Å². The number of hydrogen-bond acceptors (Lipinski definition) is 10. The van der Waals surface area contributed by atoms with E-state index in [1.165, 1.54) is 12.3 Å². The summed E-state index contributed by atoms with van der Waals surface area (Å²) in [5.41, 5.74) is 7.29. The fourth-order valence-corrected chi connectivity index (χ4v) is 6.11. The SMILES string of the molecule is CCN(CC)c1ccc(-c2nc(-c3ccc(C4=NOC(C(=O)Oc5ncc[nH]5)C4)cc3)c(-c3ccc(C=CC(=O)N(N)c4ccccc4)cc3)[nH]2)c(O)c1. The first-order chi connectivity index (χ1) is 26.3. The number of H-pyrrole nitrogens is 2. The summed E-state index contributed by atoms with van der Waals surface area (Å²) in [6, 6.07) is 30.0. The highest BCUT2D eigenvalue weighted by Gasteiger charge is 2.31. The molecule has 5 N–H and O–H groups in total. The fraction of sp³-hybridized carbons (Fsp3) is 0.146. The van der Waals surface area contributed by atoms with Gasteiger partial charge in [0.25, 0.3) is 5.91 Å². The minimum atomic E-state index is -0.889. The van der Waals surface area contributed by atoms with Crippen LogP contribution in [0.1, 0.15) is 31.4 Å². The summed E-state index contributed by atoms with van der Waals surface area (Å²) in [5, 5.41) is 16.4. The van der Waals surface area contributed by atoms with Gasteiger partial charge in [0.15, 0.2) is 0 Å². The average molecular weight is 723 g/mol. The smallest absolute Gasteiger partial charge is 0.358 e. The van der Waals surface area contributed by atoms with E-state index < -0.39 is 12.1 Å². The molecule has 1 atom stereocenters. The number of anilines is 2. The van der Waals surface area contributed by atoms with Gasteiger partial charge >= 0.3 is 12.0 Å². The van der Waals surface area contributed by atoms with E-state index in [2.05, 4.69) is 38.9 Å². The number of aromatic hydroxyl groups is 1. The van der Waals surface area contributed by atoms with Gasteiger partial charge in [-0.05, 0) is 55.3 Å². The summed E-state index contributed by atoms with van der Waals surface area (Å²) in [6.07, 6.45) is 5.53. The minimum absolute atomic E-state index is 0.0895. The van der Waals surface area contributed by atoms with Crippen molar-refractivity contribution in [3.63, 3.8) is 0 Å². The number of benzene rings is 4. The molecule has 0 spiro atoms. The van der Waals surface area contributed by atoms with E-state index in [4.69, 9.17) is 20.4 Å². The maximum atomic E-state index is 12.7. The first-order valence-electron chi connectivity index (χ1n) is 17.5. The number of hydrogen-bond donors (Lipinski definition) is 4. The predicted octanol–water partition coefficient (Wildman–Crippen LogP) is 6.70. The molecular weight excluding hydrogens is 685 g/mol. The van der Waals surface area contributed by atoms with Crippen LogP contribution < -0.4 is 20.5 Å². The molecule has 1 aliphatic heterocycles. The number of ether oxygens (including phenoxy) is 1. The van der Waals surface area contributed by atoms with Crippen LogP contribution in [-0.4, -0.2) is 61.8 Å². The number of carbonyl (C=O) groups is 2. The summed E-state index contributed by atoms with van der Waals surface area (Å²) in [5.74, 6) is 5.68. The lowest BCUT2D eigenvalue weighted by Gasteiger charge is -2.21. The Kier molecular flexibility index (Phi) is 10.3. The van der Waals surface area contributed by atoms with Gasteiger partial charge in [-0.15, -0.1) is 0 Å². The number of rotatable bonds is 12. The van der Waals surface area contributed by atoms with Crippen LogP contribution >= 0.6 is 0 Å². The molecule has 7 rings (SSSR count). The third-order valence-electron chi connectivity index (χ3n) is 9.05. The van der Waals surface area contributed by atoms with Gasteiger partial charge in [-0.2, -0.15) is 0 Å². The number of aromatic amines is 2. The molecule has 54 heavy (non-hydrogen) atoms. The van der Waals surface area contributed by atoms with Crippen molar-refractivity contribution in [2.24, 2.45) is 11.0 Å². The van der Waals surface area contributed by atoms with Crippen LogP contribution in [0.4, 0.5) is 11.4 Å². The van der Waals surface area contributed by atoms with Gasteiger partial charge in [0, 0.05) is 60.9 Å². The number of nitrogens with one attached hydrogen (secondary N) is 2. The Labute approximate surface area is 311 Å². The first-order valence-corrected chi connectivity index (χ1v) is 17.5. The standard InChI is InChI=1S/C41H38N8O5/c1-3-48(4-2)31-19-20-32(34(50)24-31)39-45-37(28-13-10-26(11-14-28)12-21-36(51)49(42)30-8-6-5-7-9-30)38(46-39)29-17-15-27(16-18-29)33-25-35(54-47-33)40(52)53-41-43-22-23-44-41/h5-24,35,50H,3-4,25,42H2,1-2H3,(H,43,44)(H,45,46). The van der Waals surface area contributed by atoms with Crippen molar-refractivity contribution < 1.29 is 24.3 Å². The van der Waals surface area contributed by atoms with Crippen molar-refractivity contribution in [1.82, 2.24) is 19.9 Å². The number of hydrazine groups is 1. The van der Waals surface area contributed by atoms with Crippen LogP contribution in [0.15, 0.2) is 121 Å². The van der Waals surface area contributed by atoms with Crippen LogP contribution in [0.25, 0.3) is 40.0 Å². The van der Waals surface area contributed by atoms with Crippen LogP contribution in [0, 0.1) is 0 Å². The second kappa shape index (κ2) is 15.7.